The molecule has 1 aliphatic rings. The van der Waals surface area contributed by atoms with Gasteiger partial charge in [-0.1, -0.05) is 0 Å². The van der Waals surface area contributed by atoms with Crippen LogP contribution < -0.4 is 10.9 Å². The molecule has 6 heteroatoms. The van der Waals surface area contributed by atoms with Gasteiger partial charge in [0.15, 0.2) is 0 Å². The normalized spacial score (nSPS) is 16.0. The van der Waals surface area contributed by atoms with Gasteiger partial charge in [-0.05, 0) is 68.7 Å². The van der Waals surface area contributed by atoms with Crippen LogP contribution in [0.15, 0.2) is 15.5 Å². The fourth-order valence-electron chi connectivity index (χ4n) is 2.47. The van der Waals surface area contributed by atoms with E-state index in [0.717, 1.165) is 25.2 Å². The summed E-state index contributed by atoms with van der Waals surface area (Å²) in [6.07, 6.45) is 5.47. The Hall–Kier alpha value is -0.880. The van der Waals surface area contributed by atoms with Crippen LogP contribution in [0.3, 0.4) is 0 Å². The van der Waals surface area contributed by atoms with Gasteiger partial charge in [0, 0.05) is 6.54 Å². The Labute approximate surface area is 128 Å². The Balaban J connectivity index is 1.86. The minimum absolute atomic E-state index is 0.0722. The largest absolute Gasteiger partial charge is 0.383 e. The van der Waals surface area contributed by atoms with Crippen molar-refractivity contribution in [2.24, 2.45) is 0 Å². The molecule has 0 unspecified atom stereocenters. The van der Waals surface area contributed by atoms with E-state index >= 15 is 0 Å². The number of hydrogen-bond acceptors (Lipinski definition) is 4. The number of anilines is 1. The highest BCUT2D eigenvalue weighted by Gasteiger charge is 2.12. The van der Waals surface area contributed by atoms with E-state index in [-0.39, 0.29) is 11.6 Å². The molecule has 0 saturated carbocycles. The van der Waals surface area contributed by atoms with Crippen LogP contribution in [0.2, 0.25) is 0 Å². The third kappa shape index (κ3) is 3.82. The molecular formula is C14H23BrN4O. The molecule has 1 aliphatic heterocycles. The smallest absolute Gasteiger partial charge is 0.283 e. The van der Waals surface area contributed by atoms with E-state index in [1.165, 1.54) is 30.6 Å². The van der Waals surface area contributed by atoms with E-state index in [1.807, 2.05) is 13.8 Å². The Bertz CT molecular complexity index is 494. The second-order valence-electron chi connectivity index (χ2n) is 5.54. The van der Waals surface area contributed by atoms with Crippen molar-refractivity contribution >= 4 is 21.6 Å². The van der Waals surface area contributed by atoms with Crippen LogP contribution in [0.25, 0.3) is 0 Å². The van der Waals surface area contributed by atoms with Gasteiger partial charge in [0.25, 0.3) is 5.56 Å². The number of hydrogen-bond donors (Lipinski definition) is 1. The van der Waals surface area contributed by atoms with Crippen molar-refractivity contribution in [3.8, 4) is 0 Å². The summed E-state index contributed by atoms with van der Waals surface area (Å²) in [6.45, 7) is 8.35. The summed E-state index contributed by atoms with van der Waals surface area (Å²) in [6, 6.07) is 0.0722. The highest BCUT2D eigenvalue weighted by atomic mass is 79.9. The highest BCUT2D eigenvalue weighted by Crippen LogP contribution is 2.17. The quantitative estimate of drug-likeness (QED) is 0.807. The lowest BCUT2D eigenvalue weighted by molar-refractivity contribution is 0.337. The van der Waals surface area contributed by atoms with E-state index in [2.05, 4.69) is 31.2 Å². The van der Waals surface area contributed by atoms with Crippen molar-refractivity contribution < 1.29 is 0 Å². The molecule has 0 spiro atoms. The maximum atomic E-state index is 12.1. The molecule has 2 heterocycles. The Kier molecular flexibility index (Phi) is 5.60. The number of halogens is 1. The first kappa shape index (κ1) is 15.5. The van der Waals surface area contributed by atoms with Crippen molar-refractivity contribution in [1.29, 1.82) is 0 Å². The van der Waals surface area contributed by atoms with E-state index in [0.29, 0.717) is 4.47 Å². The zero-order valence-electron chi connectivity index (χ0n) is 12.2. The standard InChI is InChI=1S/C14H23BrN4O/c1-11(2)19-14(20)13(15)12(10-17-19)16-6-5-9-18-7-3-4-8-18/h10-11,16H,3-9H2,1-2H3. The minimum Gasteiger partial charge on any atom is -0.383 e. The molecule has 0 amide bonds. The Morgan fingerprint density at radius 2 is 2.10 bits per heavy atom. The fourth-order valence-corrected chi connectivity index (χ4v) is 2.89. The maximum absolute atomic E-state index is 12.1. The van der Waals surface area contributed by atoms with E-state index in [4.69, 9.17) is 0 Å². The van der Waals surface area contributed by atoms with Crippen molar-refractivity contribution in [2.45, 2.75) is 39.2 Å². The van der Waals surface area contributed by atoms with Crippen molar-refractivity contribution in [1.82, 2.24) is 14.7 Å². The van der Waals surface area contributed by atoms with Crippen LogP contribution in [0.4, 0.5) is 5.69 Å². The number of nitrogens with one attached hydrogen (secondary N) is 1. The molecule has 0 aromatic carbocycles. The molecule has 1 aromatic rings. The van der Waals surface area contributed by atoms with Crippen LogP contribution in [0.1, 0.15) is 39.2 Å². The van der Waals surface area contributed by atoms with Gasteiger partial charge in [-0.15, -0.1) is 0 Å². The first-order chi connectivity index (χ1) is 9.59. The SMILES string of the molecule is CC(C)n1ncc(NCCCN2CCCC2)c(Br)c1=O. The first-order valence-electron chi connectivity index (χ1n) is 7.33. The molecule has 0 radical (unpaired) electrons. The number of rotatable bonds is 6. The lowest BCUT2D eigenvalue weighted by Gasteiger charge is -2.15. The van der Waals surface area contributed by atoms with Gasteiger partial charge in [0.1, 0.15) is 4.47 Å². The van der Waals surface area contributed by atoms with Crippen LogP contribution in [-0.2, 0) is 0 Å². The zero-order chi connectivity index (χ0) is 14.5. The molecule has 0 bridgehead atoms. The third-order valence-corrected chi connectivity index (χ3v) is 4.36. The minimum atomic E-state index is -0.0791. The molecular weight excluding hydrogens is 320 g/mol. The van der Waals surface area contributed by atoms with E-state index in [9.17, 15) is 4.79 Å². The predicted octanol–water partition coefficient (Wildman–Crippen LogP) is 2.48. The summed E-state index contributed by atoms with van der Waals surface area (Å²) in [4.78, 5) is 14.6. The molecule has 5 nitrogen and oxygen atoms in total. The maximum Gasteiger partial charge on any atom is 0.283 e. The second kappa shape index (κ2) is 7.22. The zero-order valence-corrected chi connectivity index (χ0v) is 13.8. The summed E-state index contributed by atoms with van der Waals surface area (Å²) >= 11 is 3.37. The number of aromatic nitrogens is 2. The predicted molar refractivity (Wildman–Crippen MR) is 85.4 cm³/mol. The Morgan fingerprint density at radius 1 is 1.40 bits per heavy atom. The van der Waals surface area contributed by atoms with Gasteiger partial charge >= 0.3 is 0 Å². The topological polar surface area (TPSA) is 50.2 Å². The van der Waals surface area contributed by atoms with Crippen LogP contribution in [-0.4, -0.2) is 40.9 Å². The van der Waals surface area contributed by atoms with Crippen LogP contribution in [0.5, 0.6) is 0 Å². The third-order valence-electron chi connectivity index (χ3n) is 3.60. The van der Waals surface area contributed by atoms with Gasteiger partial charge < -0.3 is 10.2 Å². The fraction of sp³-hybridized carbons (Fsp3) is 0.714. The van der Waals surface area contributed by atoms with Crippen molar-refractivity contribution in [3.05, 3.63) is 21.0 Å². The monoisotopic (exact) mass is 342 g/mol. The molecule has 0 aliphatic carbocycles. The van der Waals surface area contributed by atoms with Gasteiger partial charge in [0.05, 0.1) is 17.9 Å². The van der Waals surface area contributed by atoms with E-state index in [1.54, 1.807) is 6.20 Å². The molecule has 2 rings (SSSR count). The van der Waals surface area contributed by atoms with E-state index < -0.39 is 0 Å². The van der Waals surface area contributed by atoms with Gasteiger partial charge in [-0.3, -0.25) is 4.79 Å². The summed E-state index contributed by atoms with van der Waals surface area (Å²) < 4.78 is 2.06. The van der Waals surface area contributed by atoms with Gasteiger partial charge in [-0.2, -0.15) is 5.10 Å². The average molecular weight is 343 g/mol. The summed E-state index contributed by atoms with van der Waals surface area (Å²) in [5.74, 6) is 0. The molecule has 1 N–H and O–H groups in total. The van der Waals surface area contributed by atoms with Crippen LogP contribution >= 0.6 is 15.9 Å². The number of nitrogens with zero attached hydrogens (tertiary/aromatic N) is 3. The van der Waals surface area contributed by atoms with Gasteiger partial charge in [0.2, 0.25) is 0 Å². The average Bonchev–Trinajstić information content (AvgIpc) is 2.92. The molecule has 1 fully saturated rings. The number of likely N-dealkylation sites (tertiary alicyclic amines) is 1. The summed E-state index contributed by atoms with van der Waals surface area (Å²) in [5, 5.41) is 7.49. The van der Waals surface area contributed by atoms with Crippen LogP contribution in [0, 0.1) is 0 Å². The molecule has 1 saturated heterocycles. The Morgan fingerprint density at radius 3 is 2.75 bits per heavy atom. The van der Waals surface area contributed by atoms with Gasteiger partial charge in [-0.25, -0.2) is 4.68 Å². The second-order valence-corrected chi connectivity index (χ2v) is 6.34. The summed E-state index contributed by atoms with van der Waals surface area (Å²) in [5.41, 5.74) is 0.706. The lowest BCUT2D eigenvalue weighted by atomic mass is 10.3. The molecule has 1 aromatic heterocycles. The molecule has 0 atom stereocenters. The first-order valence-corrected chi connectivity index (χ1v) is 8.12. The molecule has 112 valence electrons. The molecule has 20 heavy (non-hydrogen) atoms. The summed E-state index contributed by atoms with van der Waals surface area (Å²) in [7, 11) is 0. The highest BCUT2D eigenvalue weighted by molar-refractivity contribution is 9.10. The van der Waals surface area contributed by atoms with Crippen molar-refractivity contribution in [2.75, 3.05) is 31.5 Å². The van der Waals surface area contributed by atoms with Crippen molar-refractivity contribution in [3.63, 3.8) is 0 Å². The lowest BCUT2D eigenvalue weighted by Crippen LogP contribution is -2.26.